The molecule has 0 aliphatic heterocycles. The largest absolute Gasteiger partial charge is 0.433 e. The highest BCUT2D eigenvalue weighted by atomic mass is 32.2. The average Bonchev–Trinajstić information content (AvgIpc) is 2.82. The van der Waals surface area contributed by atoms with Crippen LogP contribution >= 0.6 is 0 Å². The van der Waals surface area contributed by atoms with E-state index in [1.54, 1.807) is 7.05 Å². The van der Waals surface area contributed by atoms with E-state index < -0.39 is 15.7 Å². The summed E-state index contributed by atoms with van der Waals surface area (Å²) in [5.41, 5.74) is 0. The lowest BCUT2D eigenvalue weighted by molar-refractivity contribution is -0.401. The van der Waals surface area contributed by atoms with Crippen LogP contribution < -0.4 is 0 Å². The summed E-state index contributed by atoms with van der Waals surface area (Å²) in [5, 5.41) is 18.3. The lowest BCUT2D eigenvalue weighted by Gasteiger charge is -1.97. The molecule has 1 atom stereocenters. The Bertz CT molecular complexity index is 602. The van der Waals surface area contributed by atoms with Gasteiger partial charge < -0.3 is 8.98 Å². The van der Waals surface area contributed by atoms with Gasteiger partial charge in [0.2, 0.25) is 11.0 Å². The lowest BCUT2D eigenvalue weighted by Crippen LogP contribution is -2.00. The van der Waals surface area contributed by atoms with Gasteiger partial charge in [0.1, 0.15) is 4.92 Å². The van der Waals surface area contributed by atoms with E-state index in [0.717, 1.165) is 0 Å². The molecule has 0 aromatic carbocycles. The zero-order valence-corrected chi connectivity index (χ0v) is 9.80. The number of aromatic nitrogens is 3. The van der Waals surface area contributed by atoms with Gasteiger partial charge >= 0.3 is 5.88 Å². The Morgan fingerprint density at radius 1 is 1.47 bits per heavy atom. The molecular formula is C8H8N4O4S. The maximum atomic E-state index is 11.3. The first-order valence-electron chi connectivity index (χ1n) is 4.48. The molecule has 8 nitrogen and oxygen atoms in total. The molecule has 0 N–H and O–H groups in total. The molecule has 2 rings (SSSR count). The van der Waals surface area contributed by atoms with Crippen molar-refractivity contribution in [3.8, 4) is 11.6 Å². The number of hydrogen-bond donors (Lipinski definition) is 0. The molecule has 0 saturated heterocycles. The van der Waals surface area contributed by atoms with Crippen LogP contribution in [0.3, 0.4) is 0 Å². The normalized spacial score (nSPS) is 12.6. The van der Waals surface area contributed by atoms with E-state index in [2.05, 4.69) is 10.2 Å². The van der Waals surface area contributed by atoms with Gasteiger partial charge in [-0.2, -0.15) is 0 Å². The Kier molecular flexibility index (Phi) is 2.76. The van der Waals surface area contributed by atoms with Gasteiger partial charge in [-0.1, -0.05) is 0 Å². The summed E-state index contributed by atoms with van der Waals surface area (Å²) in [5.74, 6) is 0.133. The lowest BCUT2D eigenvalue weighted by atomic mass is 10.4. The van der Waals surface area contributed by atoms with Gasteiger partial charge in [-0.3, -0.25) is 14.3 Å². The third-order valence-corrected chi connectivity index (χ3v) is 2.95. The summed E-state index contributed by atoms with van der Waals surface area (Å²) in [4.78, 5) is 9.82. The molecule has 0 spiro atoms. The van der Waals surface area contributed by atoms with Gasteiger partial charge in [0.15, 0.2) is 5.76 Å². The molecule has 0 fully saturated rings. The SMILES string of the molecule is Cn1c(-c2ccc([N+](=O)[O-])o2)nnc1S(C)=O. The van der Waals surface area contributed by atoms with Crippen molar-refractivity contribution in [2.24, 2.45) is 7.05 Å². The van der Waals surface area contributed by atoms with Crippen LogP contribution in [-0.2, 0) is 17.8 Å². The fourth-order valence-electron chi connectivity index (χ4n) is 1.33. The average molecular weight is 256 g/mol. The van der Waals surface area contributed by atoms with Gasteiger partial charge in [0, 0.05) is 13.3 Å². The second-order valence-electron chi connectivity index (χ2n) is 3.21. The minimum atomic E-state index is -1.28. The Morgan fingerprint density at radius 2 is 2.18 bits per heavy atom. The van der Waals surface area contributed by atoms with Crippen molar-refractivity contribution in [3.05, 3.63) is 22.2 Å². The number of furan rings is 1. The van der Waals surface area contributed by atoms with Crippen molar-refractivity contribution >= 4 is 16.7 Å². The Hall–Kier alpha value is -2.03. The van der Waals surface area contributed by atoms with Crippen molar-refractivity contribution in [3.63, 3.8) is 0 Å². The minimum Gasteiger partial charge on any atom is -0.397 e. The van der Waals surface area contributed by atoms with E-state index in [1.807, 2.05) is 0 Å². The van der Waals surface area contributed by atoms with E-state index in [-0.39, 0.29) is 16.8 Å². The zero-order chi connectivity index (χ0) is 12.6. The predicted octanol–water partition coefficient (Wildman–Crippen LogP) is 0.721. The van der Waals surface area contributed by atoms with Crippen molar-refractivity contribution in [1.82, 2.24) is 14.8 Å². The summed E-state index contributed by atoms with van der Waals surface area (Å²) in [6.07, 6.45) is 1.47. The van der Waals surface area contributed by atoms with Crippen molar-refractivity contribution in [2.75, 3.05) is 6.26 Å². The van der Waals surface area contributed by atoms with Crippen LogP contribution in [0.25, 0.3) is 11.6 Å². The Balaban J connectivity index is 2.46. The van der Waals surface area contributed by atoms with Crippen molar-refractivity contribution in [2.45, 2.75) is 5.16 Å². The summed E-state index contributed by atoms with van der Waals surface area (Å²) in [6, 6.07) is 2.65. The van der Waals surface area contributed by atoms with E-state index in [0.29, 0.717) is 5.82 Å². The maximum absolute atomic E-state index is 11.3. The topological polar surface area (TPSA) is 104 Å². The second kappa shape index (κ2) is 4.09. The Morgan fingerprint density at radius 3 is 2.65 bits per heavy atom. The molecule has 0 bridgehead atoms. The summed E-state index contributed by atoms with van der Waals surface area (Å²) in [7, 11) is 0.330. The highest BCUT2D eigenvalue weighted by Crippen LogP contribution is 2.24. The maximum Gasteiger partial charge on any atom is 0.433 e. The van der Waals surface area contributed by atoms with Crippen LogP contribution in [0.4, 0.5) is 5.88 Å². The molecule has 0 amide bonds. The van der Waals surface area contributed by atoms with E-state index in [4.69, 9.17) is 4.42 Å². The van der Waals surface area contributed by atoms with Crippen molar-refractivity contribution < 1.29 is 13.5 Å². The number of nitro groups is 1. The zero-order valence-electron chi connectivity index (χ0n) is 8.98. The van der Waals surface area contributed by atoms with Crippen molar-refractivity contribution in [1.29, 1.82) is 0 Å². The number of hydrogen-bond acceptors (Lipinski definition) is 6. The van der Waals surface area contributed by atoms with Crippen LogP contribution in [0, 0.1) is 10.1 Å². The van der Waals surface area contributed by atoms with E-state index in [1.165, 1.54) is 23.0 Å². The van der Waals surface area contributed by atoms with Gasteiger partial charge in [-0.15, -0.1) is 10.2 Å². The third-order valence-electron chi connectivity index (χ3n) is 2.08. The molecule has 0 aliphatic rings. The highest BCUT2D eigenvalue weighted by Gasteiger charge is 2.19. The van der Waals surface area contributed by atoms with Crippen LogP contribution in [0.2, 0.25) is 0 Å². The summed E-state index contributed by atoms with van der Waals surface area (Å²) >= 11 is 0. The smallest absolute Gasteiger partial charge is 0.397 e. The molecule has 2 aromatic rings. The predicted molar refractivity (Wildman–Crippen MR) is 57.7 cm³/mol. The number of nitrogens with zero attached hydrogens (tertiary/aromatic N) is 4. The fraction of sp³-hybridized carbons (Fsp3) is 0.250. The molecule has 90 valence electrons. The molecule has 0 radical (unpaired) electrons. The fourth-order valence-corrected chi connectivity index (χ4v) is 1.95. The molecule has 1 unspecified atom stereocenters. The molecule has 9 heteroatoms. The molecule has 0 aliphatic carbocycles. The first-order valence-corrected chi connectivity index (χ1v) is 6.04. The van der Waals surface area contributed by atoms with Gasteiger partial charge in [-0.05, 0) is 6.07 Å². The minimum absolute atomic E-state index is 0.211. The third kappa shape index (κ3) is 1.96. The standard InChI is InChI=1S/C8H8N4O4S/c1-11-7(9-10-8(11)17(2)15)5-3-4-6(16-5)12(13)14/h3-4H,1-2H3. The van der Waals surface area contributed by atoms with E-state index in [9.17, 15) is 14.3 Å². The van der Waals surface area contributed by atoms with Gasteiger partial charge in [0.05, 0.1) is 16.9 Å². The van der Waals surface area contributed by atoms with Gasteiger partial charge in [0.25, 0.3) is 0 Å². The van der Waals surface area contributed by atoms with Crippen LogP contribution in [0.15, 0.2) is 21.7 Å². The highest BCUT2D eigenvalue weighted by molar-refractivity contribution is 7.84. The van der Waals surface area contributed by atoms with E-state index >= 15 is 0 Å². The van der Waals surface area contributed by atoms with Gasteiger partial charge in [-0.25, -0.2) is 0 Å². The first kappa shape index (κ1) is 11.5. The first-order chi connectivity index (χ1) is 8.00. The molecule has 0 saturated carbocycles. The van der Waals surface area contributed by atoms with Crippen LogP contribution in [-0.4, -0.2) is 30.2 Å². The Labute approximate surface area is 97.9 Å². The summed E-state index contributed by atoms with van der Waals surface area (Å²) < 4.78 is 17.7. The molecule has 2 heterocycles. The monoisotopic (exact) mass is 256 g/mol. The van der Waals surface area contributed by atoms with Crippen LogP contribution in [0.5, 0.6) is 0 Å². The quantitative estimate of drug-likeness (QED) is 0.592. The molecule has 2 aromatic heterocycles. The molecular weight excluding hydrogens is 248 g/mol. The number of rotatable bonds is 3. The molecule has 17 heavy (non-hydrogen) atoms. The summed E-state index contributed by atoms with van der Waals surface area (Å²) in [6.45, 7) is 0. The van der Waals surface area contributed by atoms with Crippen LogP contribution in [0.1, 0.15) is 0 Å². The second-order valence-corrected chi connectivity index (χ2v) is 4.49.